The molecule has 32 aromatic rings. The number of aromatic nitrogens is 9. The monoisotopic (exact) mass is 1790 g/mol. The van der Waals surface area contributed by atoms with Gasteiger partial charge < -0.3 is 13.3 Å². The van der Waals surface area contributed by atoms with E-state index in [0.717, 1.165) is 138 Å². The Labute approximate surface area is 803 Å². The van der Waals surface area contributed by atoms with Gasteiger partial charge in [0.05, 0.1) is 16.7 Å². The molecule has 0 aliphatic rings. The van der Waals surface area contributed by atoms with Gasteiger partial charge in [-0.2, -0.15) is 0 Å². The quantitative estimate of drug-likeness (QED) is 0.0894. The molecule has 650 valence electrons. The lowest BCUT2D eigenvalue weighted by Gasteiger charge is -2.13. The molecule has 0 saturated carbocycles. The molecule has 0 amide bonds. The van der Waals surface area contributed by atoms with Crippen molar-refractivity contribution in [1.29, 1.82) is 0 Å². The Morgan fingerprint density at radius 2 is 0.333 bits per heavy atom. The maximum absolute atomic E-state index is 6.79. The molecule has 0 unspecified atom stereocenters. The number of fused-ring (bicyclic) bond motifs is 6. The first kappa shape index (κ1) is 78.2. The third-order valence-corrected chi connectivity index (χ3v) is 28.9. The van der Waals surface area contributed by atoms with Crippen molar-refractivity contribution in [2.75, 3.05) is 0 Å². The van der Waals surface area contributed by atoms with Crippen molar-refractivity contribution in [3.63, 3.8) is 0 Å². The van der Waals surface area contributed by atoms with Crippen molar-refractivity contribution in [3.8, 4) is 125 Å². The second-order valence-corrected chi connectivity index (χ2v) is 36.8. The topological polar surface area (TPSA) is 155 Å². The van der Waals surface area contributed by atoms with E-state index in [9.17, 15) is 0 Å². The van der Waals surface area contributed by atoms with Crippen molar-refractivity contribution >= 4 is 195 Å². The fraction of sp³-hybridized carbons (Fsp3) is 0. The zero-order valence-corrected chi connectivity index (χ0v) is 75.2. The normalized spacial score (nSPS) is 12.1. The lowest BCUT2D eigenvalue weighted by Crippen LogP contribution is -2.00. The van der Waals surface area contributed by atoms with Crippen LogP contribution in [0.25, 0.3) is 320 Å². The molecule has 6 aromatic heterocycles. The van der Waals surface area contributed by atoms with Crippen molar-refractivity contribution < 1.29 is 13.3 Å². The molecule has 32 rings (SSSR count). The van der Waals surface area contributed by atoms with E-state index in [0.29, 0.717) is 52.4 Å². The molecule has 12 heteroatoms. The fourth-order valence-electron chi connectivity index (χ4n) is 22.3. The second kappa shape index (κ2) is 30.7. The highest BCUT2D eigenvalue weighted by Crippen LogP contribution is 2.54. The van der Waals surface area contributed by atoms with Crippen LogP contribution in [0, 0.1) is 0 Å². The second-order valence-electron chi connectivity index (χ2n) is 36.8. The van der Waals surface area contributed by atoms with Crippen molar-refractivity contribution in [3.05, 3.63) is 431 Å². The van der Waals surface area contributed by atoms with Gasteiger partial charge in [0.2, 0.25) is 0 Å². The predicted octanol–water partition coefficient (Wildman–Crippen LogP) is 34.1. The van der Waals surface area contributed by atoms with Crippen LogP contribution in [0.15, 0.2) is 444 Å². The van der Waals surface area contributed by atoms with Crippen LogP contribution in [-0.4, -0.2) is 44.9 Å². The Morgan fingerprint density at radius 3 is 0.645 bits per heavy atom. The summed E-state index contributed by atoms with van der Waals surface area (Å²) in [6.07, 6.45) is 0. The van der Waals surface area contributed by atoms with Crippen molar-refractivity contribution in [2.24, 2.45) is 0 Å². The van der Waals surface area contributed by atoms with Crippen LogP contribution in [0.2, 0.25) is 0 Å². The molecule has 6 heterocycles. The Balaban J connectivity index is 0.0000000995. The number of furan rings is 3. The van der Waals surface area contributed by atoms with E-state index in [4.69, 9.17) is 58.1 Å². The number of hydrogen-bond donors (Lipinski definition) is 0. The largest absolute Gasteiger partial charge is 0.455 e. The van der Waals surface area contributed by atoms with Crippen LogP contribution in [-0.2, 0) is 0 Å². The number of benzene rings is 26. The minimum Gasteiger partial charge on any atom is -0.455 e. The van der Waals surface area contributed by atoms with Gasteiger partial charge in [0.1, 0.15) is 33.5 Å². The summed E-state index contributed by atoms with van der Waals surface area (Å²) in [5.41, 5.74) is 17.8. The SMILES string of the molecule is c1ccc(-c2ccc(-c3nc(-c4ccc(-c5ccccc5)cc4)nc(-c4ccc5c6cccc7ccc8ccc9oc4c5c9c8c76)n3)cc2)cc1.c1ccc(-c2nc(-c3ccc4ccccc4c3)nc(-c3ccc4c5cccc6ccc7ccc8oc3c4c8c7c65)n2)cc1.c1ccc2cc(-c3nc(-c4ccc5ccccc5c4)nc(-c4ccc5c6cccc7ccc8ccc9oc4c5c9c8c76)n3)ccc2c1. The summed E-state index contributed by atoms with van der Waals surface area (Å²) in [5, 5.41) is 36.0. The number of nitrogens with zero attached hydrogens (tertiary/aromatic N) is 9. The summed E-state index contributed by atoms with van der Waals surface area (Å²) in [5.74, 6) is 5.50. The lowest BCUT2D eigenvalue weighted by atomic mass is 9.89. The van der Waals surface area contributed by atoms with Gasteiger partial charge in [-0.25, -0.2) is 44.9 Å². The smallest absolute Gasteiger partial charge is 0.167 e. The van der Waals surface area contributed by atoms with Gasteiger partial charge in [0.25, 0.3) is 0 Å². The number of rotatable bonds is 11. The highest BCUT2D eigenvalue weighted by molar-refractivity contribution is 6.43. The van der Waals surface area contributed by atoms with E-state index in [1.165, 1.54) is 130 Å². The minimum absolute atomic E-state index is 0.577. The van der Waals surface area contributed by atoms with Crippen LogP contribution in [0.3, 0.4) is 0 Å². The average Bonchev–Trinajstić information content (AvgIpc) is 1.57. The fourth-order valence-corrected chi connectivity index (χ4v) is 22.3. The molecular formula is C129H71N9O3. The van der Waals surface area contributed by atoms with Gasteiger partial charge in [-0.3, -0.25) is 0 Å². The van der Waals surface area contributed by atoms with E-state index >= 15 is 0 Å². The first-order valence-corrected chi connectivity index (χ1v) is 47.5. The summed E-state index contributed by atoms with van der Waals surface area (Å²) in [7, 11) is 0. The lowest BCUT2D eigenvalue weighted by molar-refractivity contribution is 0.669. The summed E-state index contributed by atoms with van der Waals surface area (Å²) in [6.45, 7) is 0. The van der Waals surface area contributed by atoms with E-state index in [1.54, 1.807) is 0 Å². The zero-order chi connectivity index (χ0) is 92.2. The zero-order valence-electron chi connectivity index (χ0n) is 75.2. The Kier molecular flexibility index (Phi) is 17.0. The van der Waals surface area contributed by atoms with E-state index in [-0.39, 0.29) is 0 Å². The molecular weight excluding hydrogens is 1720 g/mol. The van der Waals surface area contributed by atoms with Gasteiger partial charge in [-0.1, -0.05) is 376 Å². The molecule has 0 fully saturated rings. The maximum atomic E-state index is 6.79. The van der Waals surface area contributed by atoms with Crippen LogP contribution in [0.4, 0.5) is 0 Å². The van der Waals surface area contributed by atoms with E-state index < -0.39 is 0 Å². The summed E-state index contributed by atoms with van der Waals surface area (Å²) >= 11 is 0. The van der Waals surface area contributed by atoms with Gasteiger partial charge in [-0.15, -0.1) is 0 Å². The van der Waals surface area contributed by atoms with Gasteiger partial charge in [-0.05, 0) is 190 Å². The highest BCUT2D eigenvalue weighted by Gasteiger charge is 2.30. The average molecular weight is 1800 g/mol. The minimum atomic E-state index is 0.577. The molecule has 0 N–H and O–H groups in total. The first-order chi connectivity index (χ1) is 69.8. The van der Waals surface area contributed by atoms with Gasteiger partial charge in [0.15, 0.2) is 52.4 Å². The standard InChI is InChI=1S/C47H27N3O.C43H23N3O.C39H21N3O/c1-3-8-28(9-4-1)30-14-20-34(21-15-30)45-48-46(35-22-16-31(17-23-35)29-10-5-2-6-11-29)50-47(49-45)38-26-25-37-36-13-7-12-32-18-19-33-24-27-39-43(41(33)40(32)36)42(37)44(38)51-39;1-3-8-28-22-30(16-12-24(28)6-1)41-44-42(31-17-13-25-7-2-4-9-29(25)23-31)46-43(45-41)34-20-19-33-32-11-5-10-26-14-15-27-18-21-35-39(37(27)36(26)32)38(33)40(34)47-35;1-2-8-25(9-3-1)37-40-38(27-16-13-22-7-4-5-10-26(22)21-27)42-39(41-37)30-19-18-29-28-12-6-11-23-14-15-24-17-20-31-35(33(24)32(23)28)34(29)36(30)43-31/h1-27H;1-23H;1-21H. The molecule has 0 aliphatic heterocycles. The van der Waals surface area contributed by atoms with E-state index in [1.807, 2.05) is 42.5 Å². The third-order valence-electron chi connectivity index (χ3n) is 28.9. The van der Waals surface area contributed by atoms with Crippen LogP contribution < -0.4 is 0 Å². The van der Waals surface area contributed by atoms with Crippen molar-refractivity contribution in [2.45, 2.75) is 0 Å². The first-order valence-electron chi connectivity index (χ1n) is 47.5. The summed E-state index contributed by atoms with van der Waals surface area (Å²) in [6, 6.07) is 151. The third kappa shape index (κ3) is 12.3. The summed E-state index contributed by atoms with van der Waals surface area (Å²) < 4.78 is 20.3. The molecule has 0 spiro atoms. The molecule has 0 atom stereocenters. The molecule has 12 nitrogen and oxygen atoms in total. The predicted molar refractivity (Wildman–Crippen MR) is 578 cm³/mol. The van der Waals surface area contributed by atoms with Gasteiger partial charge in [0, 0.05) is 81.9 Å². The molecule has 0 bridgehead atoms. The molecule has 0 saturated heterocycles. The van der Waals surface area contributed by atoms with Crippen LogP contribution >= 0.6 is 0 Å². The highest BCUT2D eigenvalue weighted by atomic mass is 16.3. The van der Waals surface area contributed by atoms with E-state index in [2.05, 4.69) is 388 Å². The van der Waals surface area contributed by atoms with Crippen LogP contribution in [0.1, 0.15) is 0 Å². The van der Waals surface area contributed by atoms with Crippen molar-refractivity contribution in [1.82, 2.24) is 44.9 Å². The molecule has 141 heavy (non-hydrogen) atoms. The summed E-state index contributed by atoms with van der Waals surface area (Å²) in [4.78, 5) is 45.9. The Bertz CT molecular complexity index is 10500. The Hall–Kier alpha value is -19.2. The Morgan fingerprint density at radius 1 is 0.121 bits per heavy atom. The molecule has 0 radical (unpaired) electrons. The molecule has 0 aliphatic carbocycles. The maximum Gasteiger partial charge on any atom is 0.167 e. The number of hydrogen-bond acceptors (Lipinski definition) is 12. The van der Waals surface area contributed by atoms with Crippen LogP contribution in [0.5, 0.6) is 0 Å². The van der Waals surface area contributed by atoms with Gasteiger partial charge >= 0.3 is 0 Å². The molecule has 26 aromatic carbocycles.